The number of amides is 3. The molecule has 2 aromatic rings. The van der Waals surface area contributed by atoms with Crippen LogP contribution in [0.25, 0.3) is 0 Å². The maximum atomic E-state index is 13.1. The molecule has 0 radical (unpaired) electrons. The van der Waals surface area contributed by atoms with Crippen LogP contribution in [0.3, 0.4) is 0 Å². The number of carbonyl (C=O) groups excluding carboxylic acids is 3. The Labute approximate surface area is 168 Å². The summed E-state index contributed by atoms with van der Waals surface area (Å²) in [6.07, 6.45) is 0.263. The van der Waals surface area contributed by atoms with Gasteiger partial charge in [0.05, 0.1) is 13.2 Å². The first-order chi connectivity index (χ1) is 14.0. The average molecular weight is 394 g/mol. The van der Waals surface area contributed by atoms with Gasteiger partial charge in [-0.3, -0.25) is 9.59 Å². The second-order valence-corrected chi connectivity index (χ2v) is 7.27. The molecule has 0 unspecified atom stereocenters. The van der Waals surface area contributed by atoms with Gasteiger partial charge in [0.1, 0.15) is 12.3 Å². The Morgan fingerprint density at radius 2 is 1.93 bits per heavy atom. The minimum absolute atomic E-state index is 0.353. The van der Waals surface area contributed by atoms with E-state index < -0.39 is 23.5 Å². The quantitative estimate of drug-likeness (QED) is 0.843. The number of aryl methyl sites for hydroxylation is 1. The summed E-state index contributed by atoms with van der Waals surface area (Å²) in [4.78, 5) is 39.0. The van der Waals surface area contributed by atoms with E-state index in [2.05, 4.69) is 5.32 Å². The van der Waals surface area contributed by atoms with Gasteiger partial charge in [-0.15, -0.1) is 0 Å². The number of hydrogen-bond acceptors (Lipinski definition) is 5. The number of imide groups is 1. The number of fused-ring (bicyclic) bond motifs is 2. The Balaban J connectivity index is 1.48. The topological polar surface area (TPSA) is 84.9 Å². The molecule has 1 heterocycles. The zero-order valence-electron chi connectivity index (χ0n) is 16.3. The summed E-state index contributed by atoms with van der Waals surface area (Å²) in [7, 11) is 1.56. The molecular weight excluding hydrogens is 372 g/mol. The number of carbonyl (C=O) groups is 3. The summed E-state index contributed by atoms with van der Waals surface area (Å²) in [6.45, 7) is 1.43. The molecule has 1 fully saturated rings. The Kier molecular flexibility index (Phi) is 4.74. The van der Waals surface area contributed by atoms with E-state index in [1.165, 1.54) is 0 Å². The van der Waals surface area contributed by atoms with Gasteiger partial charge in [-0.1, -0.05) is 42.5 Å². The SMILES string of the molecule is COc1ccccc1[C@H](C)NC(=O)CN1C(=O)O[C@@]2(CCc3ccccc32)C1=O. The molecular formula is C22H22N2O5. The Morgan fingerprint density at radius 1 is 1.21 bits per heavy atom. The lowest BCUT2D eigenvalue weighted by Crippen LogP contribution is -2.43. The van der Waals surface area contributed by atoms with Crippen LogP contribution in [0.15, 0.2) is 48.5 Å². The predicted octanol–water partition coefficient (Wildman–Crippen LogP) is 2.69. The summed E-state index contributed by atoms with van der Waals surface area (Å²) in [5, 5.41) is 2.82. The third-order valence-corrected chi connectivity index (χ3v) is 5.56. The third kappa shape index (κ3) is 3.12. The van der Waals surface area contributed by atoms with Crippen molar-refractivity contribution in [2.24, 2.45) is 0 Å². The largest absolute Gasteiger partial charge is 0.496 e. The molecule has 150 valence electrons. The van der Waals surface area contributed by atoms with Gasteiger partial charge in [-0.25, -0.2) is 9.69 Å². The Hall–Kier alpha value is -3.35. The number of nitrogens with zero attached hydrogens (tertiary/aromatic N) is 1. The highest BCUT2D eigenvalue weighted by molar-refractivity contribution is 6.06. The highest BCUT2D eigenvalue weighted by Gasteiger charge is 2.58. The average Bonchev–Trinajstić information content (AvgIpc) is 3.21. The van der Waals surface area contributed by atoms with Crippen molar-refractivity contribution in [3.63, 3.8) is 0 Å². The van der Waals surface area contributed by atoms with Crippen molar-refractivity contribution < 1.29 is 23.9 Å². The standard InChI is InChI=1S/C22H22N2O5/c1-14(16-8-4-6-10-18(16)28-2)23-19(25)13-24-20(26)22(29-21(24)27)12-11-15-7-3-5-9-17(15)22/h3-10,14H,11-13H2,1-2H3,(H,23,25)/t14-,22+/m0/s1. The highest BCUT2D eigenvalue weighted by atomic mass is 16.6. The molecule has 1 N–H and O–H groups in total. The van der Waals surface area contributed by atoms with Crippen molar-refractivity contribution in [2.45, 2.75) is 31.4 Å². The van der Waals surface area contributed by atoms with Gasteiger partial charge in [0.15, 0.2) is 0 Å². The zero-order valence-corrected chi connectivity index (χ0v) is 16.3. The van der Waals surface area contributed by atoms with Crippen LogP contribution in [-0.4, -0.2) is 36.5 Å². The van der Waals surface area contributed by atoms with Crippen LogP contribution in [0.1, 0.15) is 36.1 Å². The minimum atomic E-state index is -1.30. The molecule has 0 bridgehead atoms. The third-order valence-electron chi connectivity index (χ3n) is 5.56. The number of rotatable bonds is 5. The van der Waals surface area contributed by atoms with Gasteiger partial charge in [-0.2, -0.15) is 0 Å². The van der Waals surface area contributed by atoms with E-state index in [0.29, 0.717) is 24.2 Å². The smallest absolute Gasteiger partial charge is 0.418 e. The van der Waals surface area contributed by atoms with Crippen LogP contribution in [0.2, 0.25) is 0 Å². The zero-order chi connectivity index (χ0) is 20.6. The maximum Gasteiger partial charge on any atom is 0.418 e. The highest BCUT2D eigenvalue weighted by Crippen LogP contribution is 2.45. The second kappa shape index (κ2) is 7.24. The van der Waals surface area contributed by atoms with Crippen molar-refractivity contribution in [1.29, 1.82) is 0 Å². The van der Waals surface area contributed by atoms with E-state index in [4.69, 9.17) is 9.47 Å². The van der Waals surface area contributed by atoms with Crippen molar-refractivity contribution in [1.82, 2.24) is 10.2 Å². The van der Waals surface area contributed by atoms with Crippen LogP contribution in [0.5, 0.6) is 5.75 Å². The summed E-state index contributed by atoms with van der Waals surface area (Å²) in [6, 6.07) is 14.4. The van der Waals surface area contributed by atoms with Crippen LogP contribution in [0.4, 0.5) is 4.79 Å². The fourth-order valence-electron chi connectivity index (χ4n) is 4.12. The molecule has 7 heteroatoms. The number of nitrogens with one attached hydrogen (secondary N) is 1. The number of hydrogen-bond donors (Lipinski definition) is 1. The number of methoxy groups -OCH3 is 1. The molecule has 0 aromatic heterocycles. The lowest BCUT2D eigenvalue weighted by atomic mass is 9.95. The Morgan fingerprint density at radius 3 is 2.72 bits per heavy atom. The van der Waals surface area contributed by atoms with Gasteiger partial charge in [0.2, 0.25) is 11.5 Å². The monoisotopic (exact) mass is 394 g/mol. The van der Waals surface area contributed by atoms with Crippen LogP contribution >= 0.6 is 0 Å². The van der Waals surface area contributed by atoms with Gasteiger partial charge in [-0.05, 0) is 25.0 Å². The molecule has 2 aromatic carbocycles. The van der Waals surface area contributed by atoms with E-state index in [9.17, 15) is 14.4 Å². The Bertz CT molecular complexity index is 989. The van der Waals surface area contributed by atoms with Crippen molar-refractivity contribution in [3.8, 4) is 5.75 Å². The molecule has 1 aliphatic heterocycles. The van der Waals surface area contributed by atoms with E-state index in [1.54, 1.807) is 19.2 Å². The predicted molar refractivity (Wildman–Crippen MR) is 104 cm³/mol. The number of benzene rings is 2. The first-order valence-electron chi connectivity index (χ1n) is 9.52. The summed E-state index contributed by atoms with van der Waals surface area (Å²) in [5.41, 5.74) is 1.20. The minimum Gasteiger partial charge on any atom is -0.496 e. The maximum absolute atomic E-state index is 13.1. The molecule has 2 aliphatic rings. The fraction of sp³-hybridized carbons (Fsp3) is 0.318. The van der Waals surface area contributed by atoms with E-state index in [1.807, 2.05) is 43.3 Å². The molecule has 0 saturated carbocycles. The fourth-order valence-corrected chi connectivity index (χ4v) is 4.12. The van der Waals surface area contributed by atoms with Crippen LogP contribution in [0, 0.1) is 0 Å². The van der Waals surface area contributed by atoms with Crippen LogP contribution in [-0.2, 0) is 26.3 Å². The molecule has 3 amide bonds. The lowest BCUT2D eigenvalue weighted by Gasteiger charge is -2.21. The molecule has 29 heavy (non-hydrogen) atoms. The first-order valence-corrected chi connectivity index (χ1v) is 9.52. The second-order valence-electron chi connectivity index (χ2n) is 7.27. The summed E-state index contributed by atoms with van der Waals surface area (Å²) < 4.78 is 10.8. The molecule has 4 rings (SSSR count). The summed E-state index contributed by atoms with van der Waals surface area (Å²) in [5.74, 6) is -0.275. The van der Waals surface area contributed by atoms with Gasteiger partial charge < -0.3 is 14.8 Å². The van der Waals surface area contributed by atoms with E-state index in [0.717, 1.165) is 16.0 Å². The first kappa shape index (κ1) is 19.0. The normalized spacial score (nSPS) is 21.1. The van der Waals surface area contributed by atoms with Gasteiger partial charge in [0.25, 0.3) is 5.91 Å². The number of para-hydroxylation sites is 1. The van der Waals surface area contributed by atoms with Gasteiger partial charge >= 0.3 is 6.09 Å². The van der Waals surface area contributed by atoms with Crippen molar-refractivity contribution in [3.05, 3.63) is 65.2 Å². The lowest BCUT2D eigenvalue weighted by molar-refractivity contribution is -0.139. The molecule has 7 nitrogen and oxygen atoms in total. The van der Waals surface area contributed by atoms with Crippen molar-refractivity contribution in [2.75, 3.05) is 13.7 Å². The summed E-state index contributed by atoms with van der Waals surface area (Å²) >= 11 is 0. The van der Waals surface area contributed by atoms with E-state index in [-0.39, 0.29) is 12.6 Å². The van der Waals surface area contributed by atoms with E-state index >= 15 is 0 Å². The van der Waals surface area contributed by atoms with Crippen LogP contribution < -0.4 is 10.1 Å². The molecule has 1 spiro atoms. The molecule has 2 atom stereocenters. The number of ether oxygens (including phenoxy) is 2. The van der Waals surface area contributed by atoms with Gasteiger partial charge in [0, 0.05) is 17.5 Å². The molecule has 1 saturated heterocycles. The molecule has 1 aliphatic carbocycles. The van der Waals surface area contributed by atoms with Crippen molar-refractivity contribution >= 4 is 17.9 Å².